The summed E-state index contributed by atoms with van der Waals surface area (Å²) in [5, 5.41) is 9.43. The van der Waals surface area contributed by atoms with Gasteiger partial charge in [0.25, 0.3) is 5.78 Å². The van der Waals surface area contributed by atoms with Gasteiger partial charge < -0.3 is 5.32 Å². The topological polar surface area (TPSA) is 72.2 Å². The van der Waals surface area contributed by atoms with E-state index >= 15 is 0 Å². The van der Waals surface area contributed by atoms with Gasteiger partial charge >= 0.3 is 0 Å². The van der Waals surface area contributed by atoms with Gasteiger partial charge in [-0.05, 0) is 48.7 Å². The zero-order valence-corrected chi connectivity index (χ0v) is 14.7. The standard InChI is InChI=1S/C20H19N5O/c1-13-18(14(2)25-20(23-13)21-12-22-25)9-10-19(26)24-17-8-7-15-5-3-4-6-16(15)11-17/h3-8,11-12H,9-10H2,1-2H3,(H,24,26). The van der Waals surface area contributed by atoms with Crippen LogP contribution in [-0.4, -0.2) is 25.5 Å². The van der Waals surface area contributed by atoms with Crippen LogP contribution in [0.4, 0.5) is 5.69 Å². The van der Waals surface area contributed by atoms with Crippen LogP contribution in [0, 0.1) is 13.8 Å². The summed E-state index contributed by atoms with van der Waals surface area (Å²) in [5.74, 6) is 0.571. The molecule has 0 saturated carbocycles. The van der Waals surface area contributed by atoms with Gasteiger partial charge in [0.15, 0.2) is 0 Å². The maximum atomic E-state index is 12.4. The van der Waals surface area contributed by atoms with Crippen LogP contribution in [0.5, 0.6) is 0 Å². The molecule has 0 unspecified atom stereocenters. The number of aryl methyl sites for hydroxylation is 2. The zero-order valence-electron chi connectivity index (χ0n) is 14.7. The Hall–Kier alpha value is -3.28. The molecule has 2 aromatic heterocycles. The lowest BCUT2D eigenvalue weighted by atomic mass is 10.1. The van der Waals surface area contributed by atoms with Gasteiger partial charge in [-0.1, -0.05) is 30.3 Å². The van der Waals surface area contributed by atoms with Crippen molar-refractivity contribution in [3.05, 3.63) is 65.7 Å². The molecule has 1 N–H and O–H groups in total. The number of carbonyl (C=O) groups excluding carboxylic acids is 1. The highest BCUT2D eigenvalue weighted by Crippen LogP contribution is 2.20. The molecule has 6 heteroatoms. The number of benzene rings is 2. The van der Waals surface area contributed by atoms with Gasteiger partial charge in [-0.25, -0.2) is 9.50 Å². The van der Waals surface area contributed by atoms with Crippen LogP contribution in [0.15, 0.2) is 48.8 Å². The molecule has 0 aliphatic rings. The van der Waals surface area contributed by atoms with Crippen LogP contribution in [0.3, 0.4) is 0 Å². The van der Waals surface area contributed by atoms with E-state index in [9.17, 15) is 4.79 Å². The quantitative estimate of drug-likeness (QED) is 0.615. The summed E-state index contributed by atoms with van der Waals surface area (Å²) in [5.41, 5.74) is 3.72. The van der Waals surface area contributed by atoms with Gasteiger partial charge in [0, 0.05) is 23.5 Å². The van der Waals surface area contributed by atoms with Crippen LogP contribution in [0.25, 0.3) is 16.6 Å². The predicted octanol–water partition coefficient (Wildman–Crippen LogP) is 3.47. The molecule has 2 aromatic carbocycles. The molecule has 0 spiro atoms. The summed E-state index contributed by atoms with van der Waals surface area (Å²) < 4.78 is 1.71. The van der Waals surface area contributed by atoms with Crippen molar-refractivity contribution in [3.8, 4) is 0 Å². The number of nitrogens with one attached hydrogen (secondary N) is 1. The number of nitrogens with zero attached hydrogens (tertiary/aromatic N) is 4. The Morgan fingerprint density at radius 1 is 1.12 bits per heavy atom. The lowest BCUT2D eigenvalue weighted by Gasteiger charge is -2.11. The maximum Gasteiger partial charge on any atom is 0.252 e. The summed E-state index contributed by atoms with van der Waals surface area (Å²) in [6, 6.07) is 14.0. The van der Waals surface area contributed by atoms with Gasteiger partial charge in [0.1, 0.15) is 6.33 Å². The Bertz CT molecular complexity index is 1120. The first-order valence-corrected chi connectivity index (χ1v) is 8.56. The summed E-state index contributed by atoms with van der Waals surface area (Å²) in [6.07, 6.45) is 2.49. The van der Waals surface area contributed by atoms with E-state index in [1.165, 1.54) is 6.33 Å². The van der Waals surface area contributed by atoms with E-state index in [0.29, 0.717) is 18.6 Å². The lowest BCUT2D eigenvalue weighted by molar-refractivity contribution is -0.116. The van der Waals surface area contributed by atoms with E-state index in [1.807, 2.05) is 50.2 Å². The van der Waals surface area contributed by atoms with Crippen molar-refractivity contribution in [2.45, 2.75) is 26.7 Å². The van der Waals surface area contributed by atoms with Crippen molar-refractivity contribution >= 4 is 28.1 Å². The maximum absolute atomic E-state index is 12.4. The molecule has 0 atom stereocenters. The molecule has 130 valence electrons. The van der Waals surface area contributed by atoms with Gasteiger partial charge in [0.2, 0.25) is 5.91 Å². The number of fused-ring (bicyclic) bond motifs is 2. The average molecular weight is 345 g/mol. The molecule has 4 rings (SSSR count). The fraction of sp³-hybridized carbons (Fsp3) is 0.200. The molecule has 0 aliphatic heterocycles. The van der Waals surface area contributed by atoms with Crippen LogP contribution in [-0.2, 0) is 11.2 Å². The molecule has 6 nitrogen and oxygen atoms in total. The summed E-state index contributed by atoms with van der Waals surface area (Å²) in [6.45, 7) is 3.92. The first kappa shape index (κ1) is 16.2. The van der Waals surface area contributed by atoms with Crippen LogP contribution < -0.4 is 5.32 Å². The van der Waals surface area contributed by atoms with E-state index in [0.717, 1.165) is 33.4 Å². The Kier molecular flexibility index (Phi) is 4.08. The first-order valence-electron chi connectivity index (χ1n) is 8.56. The van der Waals surface area contributed by atoms with Crippen molar-refractivity contribution in [2.24, 2.45) is 0 Å². The first-order chi connectivity index (χ1) is 12.6. The Balaban J connectivity index is 1.48. The number of hydrogen-bond acceptors (Lipinski definition) is 4. The summed E-state index contributed by atoms with van der Waals surface area (Å²) in [7, 11) is 0. The van der Waals surface area contributed by atoms with Crippen LogP contribution in [0.2, 0.25) is 0 Å². The van der Waals surface area contributed by atoms with Crippen molar-refractivity contribution in [3.63, 3.8) is 0 Å². The SMILES string of the molecule is Cc1nc2ncnn2c(C)c1CCC(=O)Nc1ccc2ccccc2c1. The smallest absolute Gasteiger partial charge is 0.252 e. The van der Waals surface area contributed by atoms with E-state index in [1.54, 1.807) is 4.52 Å². The number of amides is 1. The number of aromatic nitrogens is 4. The summed E-state index contributed by atoms with van der Waals surface area (Å²) >= 11 is 0. The van der Waals surface area contributed by atoms with Gasteiger partial charge in [-0.3, -0.25) is 4.79 Å². The second-order valence-electron chi connectivity index (χ2n) is 6.34. The fourth-order valence-electron chi connectivity index (χ4n) is 3.25. The van der Waals surface area contributed by atoms with E-state index in [-0.39, 0.29) is 5.91 Å². The van der Waals surface area contributed by atoms with Crippen LogP contribution in [0.1, 0.15) is 23.4 Å². The molecule has 26 heavy (non-hydrogen) atoms. The molecule has 0 fully saturated rings. The van der Waals surface area contributed by atoms with Crippen molar-refractivity contribution < 1.29 is 4.79 Å². The Morgan fingerprint density at radius 2 is 1.92 bits per heavy atom. The summed E-state index contributed by atoms with van der Waals surface area (Å²) in [4.78, 5) is 21.0. The molecule has 0 aliphatic carbocycles. The number of carbonyl (C=O) groups is 1. The average Bonchev–Trinajstić information content (AvgIpc) is 3.10. The normalized spacial score (nSPS) is 11.2. The fourth-order valence-corrected chi connectivity index (χ4v) is 3.25. The second kappa shape index (κ2) is 6.55. The Morgan fingerprint density at radius 3 is 2.77 bits per heavy atom. The molecular formula is C20H19N5O. The minimum absolute atomic E-state index is 0.0160. The highest BCUT2D eigenvalue weighted by molar-refractivity contribution is 5.94. The van der Waals surface area contributed by atoms with Crippen molar-refractivity contribution in [2.75, 3.05) is 5.32 Å². The van der Waals surface area contributed by atoms with Gasteiger partial charge in [-0.2, -0.15) is 10.1 Å². The lowest BCUT2D eigenvalue weighted by Crippen LogP contribution is -2.14. The monoisotopic (exact) mass is 345 g/mol. The van der Waals surface area contributed by atoms with Gasteiger partial charge in [0.05, 0.1) is 0 Å². The second-order valence-corrected chi connectivity index (χ2v) is 6.34. The van der Waals surface area contributed by atoms with Gasteiger partial charge in [-0.15, -0.1) is 0 Å². The minimum Gasteiger partial charge on any atom is -0.326 e. The van der Waals surface area contributed by atoms with E-state index in [4.69, 9.17) is 0 Å². The molecular weight excluding hydrogens is 326 g/mol. The molecule has 1 amide bonds. The largest absolute Gasteiger partial charge is 0.326 e. The van der Waals surface area contributed by atoms with Crippen molar-refractivity contribution in [1.82, 2.24) is 19.6 Å². The predicted molar refractivity (Wildman–Crippen MR) is 101 cm³/mol. The van der Waals surface area contributed by atoms with E-state index < -0.39 is 0 Å². The third kappa shape index (κ3) is 3.01. The highest BCUT2D eigenvalue weighted by Gasteiger charge is 2.12. The number of hydrogen-bond donors (Lipinski definition) is 1. The third-order valence-corrected chi connectivity index (χ3v) is 4.62. The molecule has 4 aromatic rings. The number of anilines is 1. The minimum atomic E-state index is -0.0160. The molecule has 0 saturated heterocycles. The Labute approximate surface area is 150 Å². The van der Waals surface area contributed by atoms with Crippen LogP contribution >= 0.6 is 0 Å². The molecule has 2 heterocycles. The third-order valence-electron chi connectivity index (χ3n) is 4.62. The van der Waals surface area contributed by atoms with E-state index in [2.05, 4.69) is 26.4 Å². The highest BCUT2D eigenvalue weighted by atomic mass is 16.1. The molecule has 0 bridgehead atoms. The zero-order chi connectivity index (χ0) is 18.1. The number of rotatable bonds is 4. The molecule has 0 radical (unpaired) electrons. The van der Waals surface area contributed by atoms with Crippen molar-refractivity contribution in [1.29, 1.82) is 0 Å².